The summed E-state index contributed by atoms with van der Waals surface area (Å²) in [6, 6.07) is 5.77. The van der Waals surface area contributed by atoms with E-state index in [-0.39, 0.29) is 36.1 Å². The van der Waals surface area contributed by atoms with Crippen molar-refractivity contribution < 1.29 is 14.0 Å². The molecule has 25 heavy (non-hydrogen) atoms. The van der Waals surface area contributed by atoms with Crippen molar-refractivity contribution in [3.05, 3.63) is 35.6 Å². The first-order valence-corrected chi connectivity index (χ1v) is 8.71. The molecular formula is C18H25ClFN3O2. The Kier molecular flexibility index (Phi) is 7.20. The zero-order chi connectivity index (χ0) is 16.9. The van der Waals surface area contributed by atoms with Crippen LogP contribution in [0.4, 0.5) is 4.39 Å². The zero-order valence-electron chi connectivity index (χ0n) is 14.1. The van der Waals surface area contributed by atoms with Crippen molar-refractivity contribution in [3.8, 4) is 0 Å². The maximum Gasteiger partial charge on any atom is 0.251 e. The quantitative estimate of drug-likeness (QED) is 0.695. The van der Waals surface area contributed by atoms with Crippen LogP contribution in [0.1, 0.15) is 42.5 Å². The van der Waals surface area contributed by atoms with Crippen LogP contribution < -0.4 is 16.0 Å². The minimum absolute atomic E-state index is 0. The lowest BCUT2D eigenvalue weighted by Gasteiger charge is -2.24. The molecule has 3 rings (SSSR count). The van der Waals surface area contributed by atoms with E-state index in [4.69, 9.17) is 0 Å². The number of carbonyl (C=O) groups excluding carboxylic acids is 2. The van der Waals surface area contributed by atoms with Crippen LogP contribution in [0, 0.1) is 11.7 Å². The standard InChI is InChI=1S/C18H24FN3O2.ClH/c19-14-7-5-12(6-8-14)17(23)20-9-10-21-18(24)16-11-13-3-1-2-4-15(13)22-16;/h5-8,13,15-16,22H,1-4,9-11H2,(H,20,23)(H,21,24);1H. The van der Waals surface area contributed by atoms with Crippen molar-refractivity contribution in [3.63, 3.8) is 0 Å². The molecule has 1 saturated heterocycles. The molecule has 2 aliphatic rings. The van der Waals surface area contributed by atoms with Crippen molar-refractivity contribution in [1.29, 1.82) is 0 Å². The molecular weight excluding hydrogens is 345 g/mol. The van der Waals surface area contributed by atoms with Gasteiger partial charge in [-0.05, 0) is 49.4 Å². The summed E-state index contributed by atoms with van der Waals surface area (Å²) in [5.74, 6) is 0.00538. The molecule has 1 aromatic carbocycles. The molecule has 138 valence electrons. The van der Waals surface area contributed by atoms with Gasteiger partial charge >= 0.3 is 0 Å². The number of hydrogen-bond acceptors (Lipinski definition) is 3. The average molecular weight is 370 g/mol. The van der Waals surface area contributed by atoms with Gasteiger partial charge in [0.1, 0.15) is 5.82 Å². The Morgan fingerprint density at radius 3 is 2.48 bits per heavy atom. The lowest BCUT2D eigenvalue weighted by molar-refractivity contribution is -0.122. The van der Waals surface area contributed by atoms with Gasteiger partial charge < -0.3 is 16.0 Å². The van der Waals surface area contributed by atoms with Gasteiger partial charge in [-0.25, -0.2) is 4.39 Å². The number of fused-ring (bicyclic) bond motifs is 1. The molecule has 2 amide bonds. The molecule has 1 aliphatic heterocycles. The molecule has 1 saturated carbocycles. The Bertz CT molecular complexity index is 582. The van der Waals surface area contributed by atoms with Crippen LogP contribution in [0.2, 0.25) is 0 Å². The highest BCUT2D eigenvalue weighted by atomic mass is 35.5. The van der Waals surface area contributed by atoms with Gasteiger partial charge in [0.25, 0.3) is 5.91 Å². The predicted molar refractivity (Wildman–Crippen MR) is 96.3 cm³/mol. The number of benzene rings is 1. The summed E-state index contributed by atoms with van der Waals surface area (Å²) in [6.07, 6.45) is 5.82. The van der Waals surface area contributed by atoms with E-state index in [0.29, 0.717) is 30.6 Å². The van der Waals surface area contributed by atoms with Crippen molar-refractivity contribution in [1.82, 2.24) is 16.0 Å². The SMILES string of the molecule is Cl.O=C(NCCNC(=O)C1CC2CCCCC2N1)c1ccc(F)cc1. The fourth-order valence-corrected chi connectivity index (χ4v) is 3.71. The molecule has 0 spiro atoms. The molecule has 1 aliphatic carbocycles. The topological polar surface area (TPSA) is 70.2 Å². The second kappa shape index (κ2) is 9.15. The number of rotatable bonds is 5. The molecule has 1 heterocycles. The molecule has 0 radical (unpaired) electrons. The largest absolute Gasteiger partial charge is 0.353 e. The second-order valence-electron chi connectivity index (χ2n) is 6.66. The summed E-state index contributed by atoms with van der Waals surface area (Å²) < 4.78 is 12.8. The van der Waals surface area contributed by atoms with Crippen LogP contribution in [0.3, 0.4) is 0 Å². The highest BCUT2D eigenvalue weighted by Crippen LogP contribution is 2.33. The van der Waals surface area contributed by atoms with E-state index < -0.39 is 0 Å². The van der Waals surface area contributed by atoms with E-state index in [1.54, 1.807) is 0 Å². The first-order chi connectivity index (χ1) is 11.6. The van der Waals surface area contributed by atoms with E-state index in [1.165, 1.54) is 49.9 Å². The Hall–Kier alpha value is -1.66. The van der Waals surface area contributed by atoms with Gasteiger partial charge in [-0.1, -0.05) is 12.8 Å². The third kappa shape index (κ3) is 5.16. The zero-order valence-corrected chi connectivity index (χ0v) is 14.9. The van der Waals surface area contributed by atoms with Crippen LogP contribution in [0.15, 0.2) is 24.3 Å². The number of carbonyl (C=O) groups is 2. The van der Waals surface area contributed by atoms with Crippen molar-refractivity contribution in [2.75, 3.05) is 13.1 Å². The molecule has 3 atom stereocenters. The van der Waals surface area contributed by atoms with Crippen LogP contribution in [-0.2, 0) is 4.79 Å². The lowest BCUT2D eigenvalue weighted by atomic mass is 9.85. The van der Waals surface area contributed by atoms with Gasteiger partial charge in [-0.2, -0.15) is 0 Å². The highest BCUT2D eigenvalue weighted by molar-refractivity contribution is 5.94. The third-order valence-corrected chi connectivity index (χ3v) is 5.00. The van der Waals surface area contributed by atoms with Gasteiger partial charge in [-0.3, -0.25) is 9.59 Å². The van der Waals surface area contributed by atoms with Crippen molar-refractivity contribution in [2.24, 2.45) is 5.92 Å². The van der Waals surface area contributed by atoms with Crippen molar-refractivity contribution >= 4 is 24.2 Å². The summed E-state index contributed by atoms with van der Waals surface area (Å²) in [5, 5.41) is 9.03. The van der Waals surface area contributed by atoms with Crippen LogP contribution in [0.25, 0.3) is 0 Å². The fraction of sp³-hybridized carbons (Fsp3) is 0.556. The molecule has 5 nitrogen and oxygen atoms in total. The van der Waals surface area contributed by atoms with Crippen LogP contribution in [0.5, 0.6) is 0 Å². The predicted octanol–water partition coefficient (Wildman–Crippen LogP) is 2.01. The highest BCUT2D eigenvalue weighted by Gasteiger charge is 2.37. The second-order valence-corrected chi connectivity index (χ2v) is 6.66. The Labute approximate surface area is 153 Å². The van der Waals surface area contributed by atoms with Crippen LogP contribution in [-0.4, -0.2) is 37.0 Å². The summed E-state index contributed by atoms with van der Waals surface area (Å²) in [5.41, 5.74) is 0.407. The molecule has 0 bridgehead atoms. The van der Waals surface area contributed by atoms with E-state index >= 15 is 0 Å². The summed E-state index contributed by atoms with van der Waals surface area (Å²) in [6.45, 7) is 0.737. The normalized spacial score (nSPS) is 24.8. The summed E-state index contributed by atoms with van der Waals surface area (Å²) in [4.78, 5) is 24.1. The van der Waals surface area contributed by atoms with Gasteiger partial charge in [0.15, 0.2) is 0 Å². The minimum atomic E-state index is -0.372. The molecule has 7 heteroatoms. The van der Waals surface area contributed by atoms with Crippen LogP contribution >= 0.6 is 12.4 Å². The summed E-state index contributed by atoms with van der Waals surface area (Å²) >= 11 is 0. The van der Waals surface area contributed by atoms with E-state index in [9.17, 15) is 14.0 Å². The van der Waals surface area contributed by atoms with Gasteiger partial charge in [-0.15, -0.1) is 12.4 Å². The van der Waals surface area contributed by atoms with E-state index in [1.807, 2.05) is 0 Å². The maximum atomic E-state index is 12.8. The van der Waals surface area contributed by atoms with Crippen molar-refractivity contribution in [2.45, 2.75) is 44.2 Å². The van der Waals surface area contributed by atoms with E-state index in [0.717, 1.165) is 6.42 Å². The van der Waals surface area contributed by atoms with E-state index in [2.05, 4.69) is 16.0 Å². The number of amides is 2. The Balaban J connectivity index is 0.00000225. The van der Waals surface area contributed by atoms with Gasteiger partial charge in [0.05, 0.1) is 6.04 Å². The first-order valence-electron chi connectivity index (χ1n) is 8.71. The number of hydrogen-bond donors (Lipinski definition) is 3. The Morgan fingerprint density at radius 1 is 1.08 bits per heavy atom. The maximum absolute atomic E-state index is 12.8. The first kappa shape index (κ1) is 19.7. The third-order valence-electron chi connectivity index (χ3n) is 5.00. The molecule has 0 aromatic heterocycles. The molecule has 3 unspecified atom stereocenters. The number of halogens is 2. The van der Waals surface area contributed by atoms with Gasteiger partial charge in [0, 0.05) is 24.7 Å². The Morgan fingerprint density at radius 2 is 1.76 bits per heavy atom. The monoisotopic (exact) mass is 369 g/mol. The van der Waals surface area contributed by atoms with Gasteiger partial charge in [0.2, 0.25) is 5.91 Å². The fourth-order valence-electron chi connectivity index (χ4n) is 3.71. The molecule has 2 fully saturated rings. The molecule has 3 N–H and O–H groups in total. The lowest BCUT2D eigenvalue weighted by Crippen LogP contribution is -2.45. The number of nitrogens with one attached hydrogen (secondary N) is 3. The molecule has 1 aromatic rings. The smallest absolute Gasteiger partial charge is 0.251 e. The summed E-state index contributed by atoms with van der Waals surface area (Å²) in [7, 11) is 0. The minimum Gasteiger partial charge on any atom is -0.353 e. The average Bonchev–Trinajstić information content (AvgIpc) is 3.03.